The fourth-order valence-electron chi connectivity index (χ4n) is 16.9. The molecule has 6 aliphatic rings. The summed E-state index contributed by atoms with van der Waals surface area (Å²) in [4.78, 5) is 0. The Morgan fingerprint density at radius 3 is 1.34 bits per heavy atom. The number of ether oxygens (including phenoxy) is 3. The Balaban J connectivity index is 0.0000000950. The van der Waals surface area contributed by atoms with E-state index in [0.29, 0.717) is 20.2 Å². The van der Waals surface area contributed by atoms with Crippen molar-refractivity contribution < 1.29 is 27.9 Å². The molecule has 0 saturated heterocycles. The fourth-order valence-corrected chi connectivity index (χ4v) is 16.9. The Bertz CT molecular complexity index is 5680. The molecule has 0 atom stereocenters. The van der Waals surface area contributed by atoms with Crippen LogP contribution in [0.4, 0.5) is 0 Å². The lowest BCUT2D eigenvalue weighted by Gasteiger charge is -2.23. The minimum Gasteiger partial charge on any atom is -0.435 e. The van der Waals surface area contributed by atoms with E-state index in [1.807, 2.05) is 0 Å². The Hall–Kier alpha value is -10.2. The Morgan fingerprint density at radius 1 is 0.299 bits per heavy atom. The van der Waals surface area contributed by atoms with E-state index in [2.05, 4.69) is 274 Å². The van der Waals surface area contributed by atoms with Crippen LogP contribution in [-0.2, 0) is 36.4 Å². The fraction of sp³-hybridized carbons (Fsp3) is 0.148. The van der Waals surface area contributed by atoms with Crippen molar-refractivity contribution in [2.24, 2.45) is 0 Å². The zero-order valence-corrected chi connectivity index (χ0v) is 49.5. The Labute approximate surface area is 503 Å². The summed E-state index contributed by atoms with van der Waals surface area (Å²) < 4.78 is 26.1. The van der Waals surface area contributed by atoms with Gasteiger partial charge in [0.15, 0.2) is 6.20 Å². The van der Waals surface area contributed by atoms with Gasteiger partial charge >= 0.3 is 0 Å². The summed E-state index contributed by atoms with van der Waals surface area (Å²) in [5.74, 6) is 3.06. The number of fused-ring (bicyclic) bond motifs is 17. The number of rotatable bonds is 0. The van der Waals surface area contributed by atoms with Crippen LogP contribution < -0.4 is 27.9 Å². The molecule has 0 spiro atoms. The first kappa shape index (κ1) is 49.1. The number of hydrogen-bond donors (Lipinski definition) is 0. The van der Waals surface area contributed by atoms with Crippen molar-refractivity contribution in [3.63, 3.8) is 0 Å². The number of benzene rings is 12. The molecule has 6 nitrogen and oxygen atoms in total. The van der Waals surface area contributed by atoms with Crippen LogP contribution in [0.25, 0.3) is 131 Å². The number of pyridine rings is 3. The summed E-state index contributed by atoms with van der Waals surface area (Å²) in [6.45, 7) is 15.9. The van der Waals surface area contributed by atoms with E-state index in [0.717, 1.165) is 17.2 Å². The van der Waals surface area contributed by atoms with Gasteiger partial charge in [-0.15, -0.1) is 0 Å². The third-order valence-corrected chi connectivity index (χ3v) is 20.7. The summed E-state index contributed by atoms with van der Waals surface area (Å²) in [6.07, 6.45) is 2.27. The van der Waals surface area contributed by atoms with Crippen LogP contribution in [0.2, 0.25) is 0 Å². The zero-order valence-electron chi connectivity index (χ0n) is 49.5. The third-order valence-electron chi connectivity index (χ3n) is 20.7. The molecule has 414 valence electrons. The van der Waals surface area contributed by atoms with E-state index in [-0.39, 0.29) is 16.2 Å². The van der Waals surface area contributed by atoms with Crippen LogP contribution in [0.5, 0.6) is 17.2 Å². The second kappa shape index (κ2) is 17.0. The second-order valence-electron chi connectivity index (χ2n) is 26.5. The predicted molar refractivity (Wildman–Crippen MR) is 352 cm³/mol. The first-order valence-electron chi connectivity index (χ1n) is 30.7. The van der Waals surface area contributed by atoms with Crippen LogP contribution in [-0.4, -0.2) is 0 Å². The molecule has 15 aromatic rings. The molecule has 3 aromatic heterocycles. The SMILES string of the molecule is CC1(C)c2c3c(cc4ccccc24)OC[n+]2cc4cc5ccccc5cc4c1c2-3.CC1(C)c2cc3c4ccccc4ccc3[n+]3c2-c2c(cc4ccccc4c21)OC3.CC1(C)c2cc3ccc4ccccc4c3[n+]3c2-c2c(cc4ccccc4c21)OC3. The molecule has 12 aromatic carbocycles. The summed E-state index contributed by atoms with van der Waals surface area (Å²) >= 11 is 0. The van der Waals surface area contributed by atoms with E-state index in [1.165, 1.54) is 164 Å². The molecule has 6 heteroatoms. The average Bonchev–Trinajstić information content (AvgIpc) is 1.58. The predicted octanol–water partition coefficient (Wildman–Crippen LogP) is 18.3. The van der Waals surface area contributed by atoms with Gasteiger partial charge in [0.2, 0.25) is 28.1 Å². The van der Waals surface area contributed by atoms with Crippen molar-refractivity contribution in [3.05, 3.63) is 252 Å². The highest BCUT2D eigenvalue weighted by Gasteiger charge is 2.51. The normalized spacial score (nSPS) is 15.7. The number of hydrogen-bond acceptors (Lipinski definition) is 3. The van der Waals surface area contributed by atoms with Gasteiger partial charge in [0.25, 0.3) is 20.2 Å². The molecule has 0 radical (unpaired) electrons. The molecular weight excluding hydrogens is 1060 g/mol. The van der Waals surface area contributed by atoms with Gasteiger partial charge in [0.1, 0.15) is 17.2 Å². The minimum absolute atomic E-state index is 0.0738. The van der Waals surface area contributed by atoms with Gasteiger partial charge < -0.3 is 14.2 Å². The van der Waals surface area contributed by atoms with Crippen LogP contribution >= 0.6 is 0 Å². The van der Waals surface area contributed by atoms with E-state index in [1.54, 1.807) is 0 Å². The molecular formula is C81H60N3O3+3. The third kappa shape index (κ3) is 6.47. The first-order valence-corrected chi connectivity index (χ1v) is 30.7. The van der Waals surface area contributed by atoms with Gasteiger partial charge in [0, 0.05) is 49.8 Å². The Kier molecular flexibility index (Phi) is 9.63. The van der Waals surface area contributed by atoms with Crippen molar-refractivity contribution in [3.8, 4) is 51.0 Å². The van der Waals surface area contributed by atoms with Crippen molar-refractivity contribution in [2.75, 3.05) is 0 Å². The highest BCUT2D eigenvalue weighted by molar-refractivity contribution is 6.10. The smallest absolute Gasteiger partial charge is 0.293 e. The van der Waals surface area contributed by atoms with Crippen LogP contribution in [0.15, 0.2) is 219 Å². The first-order chi connectivity index (χ1) is 42.4. The number of aromatic nitrogens is 3. The monoisotopic (exact) mass is 1120 g/mol. The van der Waals surface area contributed by atoms with E-state index in [4.69, 9.17) is 14.2 Å². The quantitative estimate of drug-likeness (QED) is 0.0863. The lowest BCUT2D eigenvalue weighted by atomic mass is 9.78. The molecule has 0 amide bonds. The van der Waals surface area contributed by atoms with Gasteiger partial charge in [-0.1, -0.05) is 187 Å². The van der Waals surface area contributed by atoms with Gasteiger partial charge in [-0.05, 0) is 142 Å². The van der Waals surface area contributed by atoms with E-state index >= 15 is 0 Å². The molecule has 0 bridgehead atoms. The molecule has 3 aliphatic heterocycles. The molecule has 3 aliphatic carbocycles. The zero-order chi connectivity index (χ0) is 58.0. The van der Waals surface area contributed by atoms with Gasteiger partial charge in [-0.2, -0.15) is 13.7 Å². The number of nitrogens with zero attached hydrogens (tertiary/aromatic N) is 3. The van der Waals surface area contributed by atoms with Crippen molar-refractivity contribution in [1.29, 1.82) is 0 Å². The summed E-state index contributed by atoms with van der Waals surface area (Å²) in [5.41, 5.74) is 18.5. The van der Waals surface area contributed by atoms with Crippen LogP contribution in [0.3, 0.4) is 0 Å². The summed E-state index contributed by atoms with van der Waals surface area (Å²) in [5, 5.41) is 20.7. The van der Waals surface area contributed by atoms with Crippen molar-refractivity contribution in [1.82, 2.24) is 0 Å². The molecule has 21 rings (SSSR count). The van der Waals surface area contributed by atoms with E-state index in [9.17, 15) is 0 Å². The van der Waals surface area contributed by atoms with E-state index < -0.39 is 0 Å². The molecule has 0 fully saturated rings. The molecule has 0 unspecified atom stereocenters. The molecule has 6 heterocycles. The van der Waals surface area contributed by atoms with Crippen molar-refractivity contribution in [2.45, 2.75) is 78.0 Å². The molecule has 0 N–H and O–H groups in total. The van der Waals surface area contributed by atoms with Gasteiger partial charge in [0.05, 0.1) is 27.5 Å². The summed E-state index contributed by atoms with van der Waals surface area (Å²) in [7, 11) is 0. The largest absolute Gasteiger partial charge is 0.435 e. The second-order valence-corrected chi connectivity index (χ2v) is 26.5. The van der Waals surface area contributed by atoms with Crippen molar-refractivity contribution >= 4 is 97.2 Å². The Morgan fingerprint density at radius 2 is 0.736 bits per heavy atom. The maximum absolute atomic E-state index is 6.39. The van der Waals surface area contributed by atoms with Gasteiger partial charge in [-0.25, -0.2) is 0 Å². The maximum Gasteiger partial charge on any atom is 0.293 e. The molecule has 0 saturated carbocycles. The maximum atomic E-state index is 6.39. The standard InChI is InChI=1S/3C27H20NO/c1-27(2)21-13-18-12-11-16-7-3-6-10-20(16)25(18)28-15-29-22-14-17-8-4-5-9-19(17)24(27)23(22)26(21)28;1-27(2)21-14-20-18-9-5-3-7-16(18)11-12-22(20)28-15-29-23-13-17-8-4-6-10-19(17)25(27)24(23)26(21)28;1-27(2)24-20-10-6-5-9-18(20)13-22-23(24)26-25(27)21-12-17-8-4-3-7-16(17)11-19(21)14-28(26)15-29-22/h3*3-14H,15H2,1-2H3/q3*+1. The van der Waals surface area contributed by atoms with Gasteiger partial charge in [-0.3, -0.25) is 0 Å². The topological polar surface area (TPSA) is 39.3 Å². The molecule has 87 heavy (non-hydrogen) atoms. The average molecular weight is 1120 g/mol. The highest BCUT2D eigenvalue weighted by Crippen LogP contribution is 2.59. The van der Waals surface area contributed by atoms with Crippen LogP contribution in [0.1, 0.15) is 74.9 Å². The lowest BCUT2D eigenvalue weighted by molar-refractivity contribution is -0.716. The lowest BCUT2D eigenvalue weighted by Crippen LogP contribution is -2.43. The highest BCUT2D eigenvalue weighted by atomic mass is 16.5. The van der Waals surface area contributed by atoms with Crippen LogP contribution in [0, 0.1) is 0 Å². The summed E-state index contributed by atoms with van der Waals surface area (Å²) in [6, 6.07) is 77.3. The minimum atomic E-state index is -0.0995.